The van der Waals surface area contributed by atoms with Crippen molar-refractivity contribution in [1.29, 1.82) is 0 Å². The van der Waals surface area contributed by atoms with E-state index in [-0.39, 0.29) is 0 Å². The third kappa shape index (κ3) is 1.74. The highest BCUT2D eigenvalue weighted by molar-refractivity contribution is 5.76. The van der Waals surface area contributed by atoms with E-state index >= 15 is 0 Å². The Morgan fingerprint density at radius 3 is 2.80 bits per heavy atom. The molecule has 0 aliphatic rings. The molecule has 1 aromatic carbocycles. The van der Waals surface area contributed by atoms with Gasteiger partial charge in [0, 0.05) is 11.3 Å². The van der Waals surface area contributed by atoms with Gasteiger partial charge in [0.1, 0.15) is 0 Å². The summed E-state index contributed by atoms with van der Waals surface area (Å²) in [6, 6.07) is 7.40. The van der Waals surface area contributed by atoms with Crippen molar-refractivity contribution in [2.75, 3.05) is 5.73 Å². The first-order valence-corrected chi connectivity index (χ1v) is 4.58. The molecule has 15 heavy (non-hydrogen) atoms. The van der Waals surface area contributed by atoms with E-state index in [1.807, 2.05) is 25.1 Å². The standard InChI is InChI=1S/C11H11N3O/c1-7-2-3-8(4-10(7)12)11-5-9(6-15)13-14-11/h2-6H,12H2,1H3,(H,13,14). The van der Waals surface area contributed by atoms with E-state index in [0.717, 1.165) is 28.8 Å². The topological polar surface area (TPSA) is 71.8 Å². The summed E-state index contributed by atoms with van der Waals surface area (Å²) in [6.45, 7) is 1.94. The third-order valence-electron chi connectivity index (χ3n) is 2.30. The highest BCUT2D eigenvalue weighted by Crippen LogP contribution is 2.22. The van der Waals surface area contributed by atoms with Gasteiger partial charge in [-0.15, -0.1) is 0 Å². The number of hydrogen-bond acceptors (Lipinski definition) is 3. The highest BCUT2D eigenvalue weighted by atomic mass is 16.1. The highest BCUT2D eigenvalue weighted by Gasteiger charge is 2.04. The number of hydrogen-bond donors (Lipinski definition) is 2. The number of nitrogens with two attached hydrogens (primary N) is 1. The zero-order valence-electron chi connectivity index (χ0n) is 8.32. The van der Waals surface area contributed by atoms with Crippen molar-refractivity contribution in [2.45, 2.75) is 6.92 Å². The Balaban J connectivity index is 2.44. The first kappa shape index (κ1) is 9.45. The van der Waals surface area contributed by atoms with E-state index in [2.05, 4.69) is 10.2 Å². The Hall–Kier alpha value is -2.10. The quantitative estimate of drug-likeness (QED) is 0.574. The summed E-state index contributed by atoms with van der Waals surface area (Å²) >= 11 is 0. The fourth-order valence-corrected chi connectivity index (χ4v) is 1.34. The van der Waals surface area contributed by atoms with Gasteiger partial charge in [0.15, 0.2) is 6.29 Å². The van der Waals surface area contributed by atoms with Crippen molar-refractivity contribution in [1.82, 2.24) is 10.2 Å². The van der Waals surface area contributed by atoms with Crippen LogP contribution in [0, 0.1) is 6.92 Å². The van der Waals surface area contributed by atoms with Gasteiger partial charge in [-0.3, -0.25) is 9.89 Å². The number of aldehydes is 1. The summed E-state index contributed by atoms with van der Waals surface area (Å²) in [6.07, 6.45) is 0.730. The van der Waals surface area contributed by atoms with Crippen LogP contribution in [0.15, 0.2) is 24.3 Å². The summed E-state index contributed by atoms with van der Waals surface area (Å²) in [5.74, 6) is 0. The molecule has 0 fully saturated rings. The van der Waals surface area contributed by atoms with E-state index in [1.165, 1.54) is 0 Å². The SMILES string of the molecule is Cc1ccc(-c2cc(C=O)[nH]n2)cc1N. The molecule has 0 unspecified atom stereocenters. The van der Waals surface area contributed by atoms with Crippen LogP contribution in [0.2, 0.25) is 0 Å². The van der Waals surface area contributed by atoms with Crippen LogP contribution < -0.4 is 5.73 Å². The number of rotatable bonds is 2. The minimum atomic E-state index is 0.462. The smallest absolute Gasteiger partial charge is 0.167 e. The lowest BCUT2D eigenvalue weighted by atomic mass is 10.1. The molecule has 0 spiro atoms. The van der Waals surface area contributed by atoms with Crippen molar-refractivity contribution in [3.05, 3.63) is 35.5 Å². The maximum absolute atomic E-state index is 10.5. The van der Waals surface area contributed by atoms with Gasteiger partial charge in [-0.25, -0.2) is 0 Å². The van der Waals surface area contributed by atoms with Crippen molar-refractivity contribution in [3.63, 3.8) is 0 Å². The zero-order valence-corrected chi connectivity index (χ0v) is 8.32. The number of H-pyrrole nitrogens is 1. The van der Waals surface area contributed by atoms with Crippen LogP contribution in [-0.4, -0.2) is 16.5 Å². The lowest BCUT2D eigenvalue weighted by Gasteiger charge is -2.01. The third-order valence-corrected chi connectivity index (χ3v) is 2.30. The average molecular weight is 201 g/mol. The summed E-state index contributed by atoms with van der Waals surface area (Å²) < 4.78 is 0. The van der Waals surface area contributed by atoms with Crippen LogP contribution in [0.4, 0.5) is 5.69 Å². The molecule has 0 aliphatic carbocycles. The maximum Gasteiger partial charge on any atom is 0.167 e. The summed E-state index contributed by atoms with van der Waals surface area (Å²) in [5.41, 5.74) is 9.64. The second-order valence-corrected chi connectivity index (χ2v) is 3.40. The predicted octanol–water partition coefficient (Wildman–Crippen LogP) is 1.78. The van der Waals surface area contributed by atoms with Gasteiger partial charge in [-0.1, -0.05) is 12.1 Å². The molecule has 76 valence electrons. The molecule has 1 heterocycles. The fraction of sp³-hybridized carbons (Fsp3) is 0.0909. The number of nitrogens with zero attached hydrogens (tertiary/aromatic N) is 1. The lowest BCUT2D eigenvalue weighted by Crippen LogP contribution is -1.89. The molecule has 0 saturated heterocycles. The molecule has 0 bridgehead atoms. The van der Waals surface area contributed by atoms with Crippen LogP contribution in [0.5, 0.6) is 0 Å². The van der Waals surface area contributed by atoms with Gasteiger partial charge in [-0.05, 0) is 24.6 Å². The molecule has 0 atom stereocenters. The van der Waals surface area contributed by atoms with Crippen molar-refractivity contribution in [3.8, 4) is 11.3 Å². The number of nitrogen functional groups attached to an aromatic ring is 1. The maximum atomic E-state index is 10.5. The van der Waals surface area contributed by atoms with E-state index in [4.69, 9.17) is 5.73 Å². The predicted molar refractivity (Wildman–Crippen MR) is 58.6 cm³/mol. The molecule has 3 N–H and O–H groups in total. The summed E-state index contributed by atoms with van der Waals surface area (Å²) in [7, 11) is 0. The molecular formula is C11H11N3O. The molecule has 0 aliphatic heterocycles. The number of nitrogens with one attached hydrogen (secondary N) is 1. The number of anilines is 1. The van der Waals surface area contributed by atoms with Crippen LogP contribution in [0.25, 0.3) is 11.3 Å². The summed E-state index contributed by atoms with van der Waals surface area (Å²) in [5, 5.41) is 6.65. The Labute approximate surface area is 87.1 Å². The van der Waals surface area contributed by atoms with Crippen LogP contribution in [0.1, 0.15) is 16.1 Å². The van der Waals surface area contributed by atoms with Crippen LogP contribution in [-0.2, 0) is 0 Å². The Bertz CT molecular complexity index is 502. The first-order valence-electron chi connectivity index (χ1n) is 4.58. The van der Waals surface area contributed by atoms with Gasteiger partial charge >= 0.3 is 0 Å². The number of aromatic nitrogens is 2. The number of carbonyl (C=O) groups excluding carboxylic acids is 1. The van der Waals surface area contributed by atoms with Crippen LogP contribution >= 0.6 is 0 Å². The second-order valence-electron chi connectivity index (χ2n) is 3.40. The second kappa shape index (κ2) is 3.57. The summed E-state index contributed by atoms with van der Waals surface area (Å²) in [4.78, 5) is 10.5. The Morgan fingerprint density at radius 2 is 2.20 bits per heavy atom. The molecule has 0 amide bonds. The number of benzene rings is 1. The van der Waals surface area contributed by atoms with E-state index in [0.29, 0.717) is 5.69 Å². The zero-order chi connectivity index (χ0) is 10.8. The molecule has 2 aromatic rings. The van der Waals surface area contributed by atoms with Crippen molar-refractivity contribution < 1.29 is 4.79 Å². The lowest BCUT2D eigenvalue weighted by molar-refractivity contribution is 0.111. The van der Waals surface area contributed by atoms with Crippen molar-refractivity contribution in [2.24, 2.45) is 0 Å². The fourth-order valence-electron chi connectivity index (χ4n) is 1.34. The monoisotopic (exact) mass is 201 g/mol. The Kier molecular flexibility index (Phi) is 2.25. The largest absolute Gasteiger partial charge is 0.398 e. The molecule has 4 nitrogen and oxygen atoms in total. The number of carbonyl (C=O) groups is 1. The molecule has 0 radical (unpaired) electrons. The Morgan fingerprint density at radius 1 is 1.40 bits per heavy atom. The van der Waals surface area contributed by atoms with Gasteiger partial charge in [0.2, 0.25) is 0 Å². The molecule has 0 saturated carbocycles. The van der Waals surface area contributed by atoms with Gasteiger partial charge in [0.05, 0.1) is 11.4 Å². The normalized spacial score (nSPS) is 10.2. The molecule has 1 aromatic heterocycles. The molecule has 4 heteroatoms. The number of aryl methyl sites for hydroxylation is 1. The van der Waals surface area contributed by atoms with Crippen molar-refractivity contribution >= 4 is 12.0 Å². The van der Waals surface area contributed by atoms with Crippen LogP contribution in [0.3, 0.4) is 0 Å². The van der Waals surface area contributed by atoms with E-state index < -0.39 is 0 Å². The minimum Gasteiger partial charge on any atom is -0.398 e. The average Bonchev–Trinajstić information content (AvgIpc) is 2.70. The molecular weight excluding hydrogens is 190 g/mol. The number of aromatic amines is 1. The molecule has 2 rings (SSSR count). The van der Waals surface area contributed by atoms with E-state index in [1.54, 1.807) is 6.07 Å². The van der Waals surface area contributed by atoms with E-state index in [9.17, 15) is 4.79 Å². The van der Waals surface area contributed by atoms with Gasteiger partial charge in [-0.2, -0.15) is 5.10 Å². The van der Waals surface area contributed by atoms with Gasteiger partial charge in [0.25, 0.3) is 0 Å². The minimum absolute atomic E-state index is 0.462. The van der Waals surface area contributed by atoms with Gasteiger partial charge < -0.3 is 5.73 Å². The first-order chi connectivity index (χ1) is 7.20.